The zero-order chi connectivity index (χ0) is 30.8. The average molecular weight is 602 g/mol. The van der Waals surface area contributed by atoms with E-state index in [4.69, 9.17) is 15.2 Å². The number of ketones is 2. The molecule has 0 aromatic heterocycles. The predicted molar refractivity (Wildman–Crippen MR) is 161 cm³/mol. The number of hydrogen-bond acceptors (Lipinski definition) is 7. The third-order valence-electron chi connectivity index (χ3n) is 11.4. The van der Waals surface area contributed by atoms with Crippen molar-refractivity contribution < 1.29 is 39.6 Å². The number of rotatable bonds is 12. The van der Waals surface area contributed by atoms with Crippen LogP contribution in [0.15, 0.2) is 23.3 Å². The molecule has 2 heterocycles. The quantitative estimate of drug-likeness (QED) is 0.114. The number of ether oxygens (including phenoxy) is 2. The highest BCUT2D eigenvalue weighted by atomic mass is 16.7. The number of piperidine rings is 1. The molecule has 9 atom stereocenters. The fraction of sp³-hybridized carbons (Fsp3) is 0.794. The van der Waals surface area contributed by atoms with Gasteiger partial charge in [0.1, 0.15) is 18.8 Å². The van der Waals surface area contributed by atoms with Crippen molar-refractivity contribution in [3.63, 3.8) is 0 Å². The second-order valence-electron chi connectivity index (χ2n) is 14.0. The lowest BCUT2D eigenvalue weighted by atomic mass is 9.60. The second-order valence-corrected chi connectivity index (χ2v) is 14.0. The molecule has 0 bridgehead atoms. The highest BCUT2D eigenvalue weighted by Crippen LogP contribution is 2.62. The first-order chi connectivity index (χ1) is 20.7. The fourth-order valence-corrected chi connectivity index (χ4v) is 8.61. The topological polar surface area (TPSA) is 152 Å². The van der Waals surface area contributed by atoms with E-state index in [1.54, 1.807) is 0 Å². The van der Waals surface area contributed by atoms with Gasteiger partial charge in [-0.15, -0.1) is 0 Å². The van der Waals surface area contributed by atoms with Gasteiger partial charge in [-0.05, 0) is 82.3 Å². The summed E-state index contributed by atoms with van der Waals surface area (Å²) in [6, 6.07) is 0.206. The van der Waals surface area contributed by atoms with Crippen molar-refractivity contribution in [2.24, 2.45) is 35.3 Å². The molecule has 5 aliphatic rings. The van der Waals surface area contributed by atoms with Gasteiger partial charge in [-0.1, -0.05) is 31.4 Å². The molecular weight excluding hydrogens is 546 g/mol. The van der Waals surface area contributed by atoms with Crippen LogP contribution in [-0.2, 0) is 23.9 Å². The third kappa shape index (κ3) is 6.17. The van der Waals surface area contributed by atoms with Crippen LogP contribution in [0, 0.1) is 29.6 Å². The van der Waals surface area contributed by atoms with E-state index in [-0.39, 0.29) is 49.3 Å². The summed E-state index contributed by atoms with van der Waals surface area (Å²) in [4.78, 5) is 42.4. The number of epoxide rings is 1. The number of Topliss-reactive ketones (excluding diaryl/α,β-unsaturated/α-hetero) is 2. The number of allylic oxidation sites excluding steroid dienone is 2. The number of carbonyl (C=O) groups excluding carboxylic acids is 3. The molecule has 4 fully saturated rings. The van der Waals surface area contributed by atoms with Gasteiger partial charge in [-0.2, -0.15) is 0 Å². The minimum Gasteiger partial charge on any atom is -0.463 e. The van der Waals surface area contributed by atoms with Gasteiger partial charge in [0.05, 0.1) is 19.7 Å². The van der Waals surface area contributed by atoms with Crippen molar-refractivity contribution in [1.29, 1.82) is 0 Å². The summed E-state index contributed by atoms with van der Waals surface area (Å²) in [5.41, 5.74) is 4.38. The lowest BCUT2D eigenvalue weighted by Crippen LogP contribution is -2.94. The Morgan fingerprint density at radius 1 is 1.14 bits per heavy atom. The highest BCUT2D eigenvalue weighted by Gasteiger charge is 2.87. The Morgan fingerprint density at radius 2 is 1.88 bits per heavy atom. The van der Waals surface area contributed by atoms with Gasteiger partial charge in [-0.3, -0.25) is 15.3 Å². The van der Waals surface area contributed by atoms with Crippen molar-refractivity contribution in [2.45, 2.75) is 115 Å². The van der Waals surface area contributed by atoms with E-state index < -0.39 is 29.0 Å². The van der Waals surface area contributed by atoms with Gasteiger partial charge in [0.25, 0.3) is 5.60 Å². The van der Waals surface area contributed by atoms with Crippen molar-refractivity contribution >= 4 is 17.5 Å². The number of hydrogen-bond donors (Lipinski definition) is 4. The van der Waals surface area contributed by atoms with Crippen molar-refractivity contribution in [2.75, 3.05) is 26.3 Å². The van der Waals surface area contributed by atoms with E-state index in [1.165, 1.54) is 0 Å². The number of likely N-dealkylation sites (N-methyl/N-ethyl adjacent to an activating group) is 1. The molecule has 9 heteroatoms. The number of quaternary nitrogens is 2. The summed E-state index contributed by atoms with van der Waals surface area (Å²) in [5.74, 6) is -0.985. The summed E-state index contributed by atoms with van der Waals surface area (Å²) in [6.07, 6.45) is 13.4. The van der Waals surface area contributed by atoms with Crippen LogP contribution in [0.1, 0.15) is 91.4 Å². The lowest BCUT2D eigenvalue weighted by molar-refractivity contribution is -0.699. The van der Waals surface area contributed by atoms with Crippen LogP contribution >= 0.6 is 0 Å². The molecule has 0 radical (unpaired) electrons. The molecule has 2 saturated heterocycles. The molecule has 240 valence electrons. The first-order valence-electron chi connectivity index (χ1n) is 17.1. The number of fused-ring (bicyclic) bond motifs is 2. The molecule has 7 N–H and O–H groups in total. The zero-order valence-corrected chi connectivity index (χ0v) is 26.5. The van der Waals surface area contributed by atoms with Gasteiger partial charge in [0, 0.05) is 30.6 Å². The standard InChI is InChI=1S/C34H53N3O6/c1-4-22-12-13-28(36-5-2)24(16-22)20-42-32(41)34-31(40)27-9-7-6-8-26(27)30(39)33(34,43-34)18-25(19-38)21(3)10-11-23-14-15-37-29(35)17-23/h12-13,22-24,26-29,36-38H,4-11,14-20,35H2,1-3H3/p+2. The summed E-state index contributed by atoms with van der Waals surface area (Å²) >= 11 is 0. The largest absolute Gasteiger partial charge is 0.463 e. The van der Waals surface area contributed by atoms with Crippen LogP contribution in [0.3, 0.4) is 0 Å². The molecular formula is C34H55N3O6+2. The summed E-state index contributed by atoms with van der Waals surface area (Å²) in [5, 5.41) is 14.9. The number of esters is 1. The van der Waals surface area contributed by atoms with Crippen molar-refractivity contribution in [3.05, 3.63) is 23.3 Å². The molecule has 2 aliphatic heterocycles. The van der Waals surface area contributed by atoms with Crippen molar-refractivity contribution in [3.8, 4) is 0 Å². The van der Waals surface area contributed by atoms with E-state index in [2.05, 4.69) is 36.6 Å². The monoisotopic (exact) mass is 601 g/mol. The fourth-order valence-electron chi connectivity index (χ4n) is 8.61. The summed E-state index contributed by atoms with van der Waals surface area (Å²) in [7, 11) is 0. The van der Waals surface area contributed by atoms with Gasteiger partial charge in [0.15, 0.2) is 17.2 Å². The molecule has 9 nitrogen and oxygen atoms in total. The zero-order valence-electron chi connectivity index (χ0n) is 26.5. The molecule has 0 amide bonds. The molecule has 0 spiro atoms. The van der Waals surface area contributed by atoms with Crippen LogP contribution < -0.4 is 16.4 Å². The Bertz CT molecular complexity index is 1120. The average Bonchev–Trinajstić information content (AvgIpc) is 3.72. The van der Waals surface area contributed by atoms with Crippen LogP contribution in [0.5, 0.6) is 0 Å². The van der Waals surface area contributed by atoms with E-state index in [0.717, 1.165) is 70.0 Å². The van der Waals surface area contributed by atoms with Gasteiger partial charge in [-0.25, -0.2) is 4.79 Å². The van der Waals surface area contributed by atoms with Gasteiger partial charge < -0.3 is 25.2 Å². The predicted octanol–water partition coefficient (Wildman–Crippen LogP) is 1.29. The smallest absolute Gasteiger partial charge is 0.350 e. The molecule has 0 aromatic carbocycles. The minimum absolute atomic E-state index is 0.0620. The first kappa shape index (κ1) is 32.5. The maximum atomic E-state index is 14.2. The Labute approximate surface area is 256 Å². The number of aliphatic hydroxyl groups excluding tert-OH is 1. The molecule has 43 heavy (non-hydrogen) atoms. The molecule has 2 saturated carbocycles. The van der Waals surface area contributed by atoms with Crippen LogP contribution in [0.2, 0.25) is 0 Å². The first-order valence-corrected chi connectivity index (χ1v) is 17.1. The number of aliphatic hydroxyl groups is 1. The van der Waals surface area contributed by atoms with E-state index >= 15 is 0 Å². The minimum atomic E-state index is -1.89. The second kappa shape index (κ2) is 13.6. The Kier molecular flexibility index (Phi) is 10.3. The third-order valence-corrected chi connectivity index (χ3v) is 11.4. The molecule has 0 aromatic rings. The van der Waals surface area contributed by atoms with E-state index in [0.29, 0.717) is 30.3 Å². The van der Waals surface area contributed by atoms with E-state index in [1.807, 2.05) is 6.92 Å². The Hall–Kier alpha value is -1.91. The van der Waals surface area contributed by atoms with Crippen LogP contribution in [-0.4, -0.2) is 72.4 Å². The number of carbonyl (C=O) groups is 3. The van der Waals surface area contributed by atoms with Crippen molar-refractivity contribution in [1.82, 2.24) is 0 Å². The molecule has 3 aliphatic carbocycles. The van der Waals surface area contributed by atoms with Gasteiger partial charge >= 0.3 is 5.97 Å². The lowest BCUT2D eigenvalue weighted by Gasteiger charge is -2.37. The summed E-state index contributed by atoms with van der Waals surface area (Å²) < 4.78 is 12.2. The maximum Gasteiger partial charge on any atom is 0.350 e. The van der Waals surface area contributed by atoms with E-state index in [9.17, 15) is 19.5 Å². The SMILES string of the molecule is CC[NH2+]C1C=CC(CC)CC1COC(=O)C12OC1(CC(CO)=C(C)CCC1CC[NH2+]C(N)C1)C(=O)C1CCCCC1C2=O. The Balaban J connectivity index is 1.36. The van der Waals surface area contributed by atoms with Crippen LogP contribution in [0.25, 0.3) is 0 Å². The Morgan fingerprint density at radius 3 is 2.56 bits per heavy atom. The molecule has 9 unspecified atom stereocenters. The van der Waals surface area contributed by atoms with Gasteiger partial charge in [0.2, 0.25) is 0 Å². The molecule has 5 rings (SSSR count). The summed E-state index contributed by atoms with van der Waals surface area (Å²) in [6.45, 7) is 8.16. The normalized spacial score (nSPS) is 39.5. The maximum absolute atomic E-state index is 14.2. The highest BCUT2D eigenvalue weighted by molar-refractivity contribution is 6.23. The van der Waals surface area contributed by atoms with Crippen LogP contribution in [0.4, 0.5) is 0 Å². The number of nitrogens with two attached hydrogens (primary N) is 3.